The molecule has 34 heavy (non-hydrogen) atoms. The Balaban J connectivity index is 1.76. The first-order valence-corrected chi connectivity index (χ1v) is 10.2. The Hall–Kier alpha value is -3.99. The zero-order valence-corrected chi connectivity index (χ0v) is 18.2. The van der Waals surface area contributed by atoms with Crippen LogP contribution in [0.3, 0.4) is 0 Å². The summed E-state index contributed by atoms with van der Waals surface area (Å²) >= 11 is 0. The SMILES string of the molecule is COc1ccc(-c2nc(C(=O)NCc3ccncc3)c([C@H](C)N)o2)c2ccc(C(F)(F)F)nc12. The van der Waals surface area contributed by atoms with E-state index in [2.05, 4.69) is 20.3 Å². The zero-order valence-electron chi connectivity index (χ0n) is 18.2. The molecule has 0 unspecified atom stereocenters. The molecule has 4 rings (SSSR count). The summed E-state index contributed by atoms with van der Waals surface area (Å²) in [6.07, 6.45) is -1.41. The third-order valence-electron chi connectivity index (χ3n) is 5.05. The molecule has 0 radical (unpaired) electrons. The zero-order chi connectivity index (χ0) is 24.5. The molecule has 3 heterocycles. The number of ether oxygens (including phenoxy) is 1. The molecule has 0 bridgehead atoms. The van der Waals surface area contributed by atoms with Gasteiger partial charge in [0.1, 0.15) is 17.0 Å². The average Bonchev–Trinajstić information content (AvgIpc) is 3.27. The van der Waals surface area contributed by atoms with E-state index in [9.17, 15) is 18.0 Å². The molecule has 0 aliphatic heterocycles. The Labute approximate surface area is 192 Å². The normalized spacial score (nSPS) is 12.5. The predicted octanol–water partition coefficient (Wildman–Crippen LogP) is 4.26. The third-order valence-corrected chi connectivity index (χ3v) is 5.05. The minimum atomic E-state index is -4.62. The maximum absolute atomic E-state index is 13.2. The fourth-order valence-electron chi connectivity index (χ4n) is 3.39. The van der Waals surface area contributed by atoms with Crippen molar-refractivity contribution in [1.82, 2.24) is 20.3 Å². The van der Waals surface area contributed by atoms with Gasteiger partial charge in [0, 0.05) is 29.9 Å². The van der Waals surface area contributed by atoms with Crippen molar-refractivity contribution in [3.63, 3.8) is 0 Å². The summed E-state index contributed by atoms with van der Waals surface area (Å²) in [5.74, 6) is -0.185. The number of rotatable bonds is 6. The van der Waals surface area contributed by atoms with E-state index in [0.29, 0.717) is 10.9 Å². The van der Waals surface area contributed by atoms with Crippen LogP contribution in [0.2, 0.25) is 0 Å². The molecule has 3 N–H and O–H groups in total. The number of carbonyl (C=O) groups is 1. The van der Waals surface area contributed by atoms with Crippen LogP contribution in [0.1, 0.15) is 40.5 Å². The molecule has 0 fully saturated rings. The van der Waals surface area contributed by atoms with Gasteiger partial charge in [-0.25, -0.2) is 9.97 Å². The fourth-order valence-corrected chi connectivity index (χ4v) is 3.39. The first-order valence-electron chi connectivity index (χ1n) is 10.2. The van der Waals surface area contributed by atoms with E-state index in [4.69, 9.17) is 14.9 Å². The highest BCUT2D eigenvalue weighted by Gasteiger charge is 2.33. The Bertz CT molecular complexity index is 1340. The molecule has 0 spiro atoms. The van der Waals surface area contributed by atoms with Crippen molar-refractivity contribution in [1.29, 1.82) is 0 Å². The van der Waals surface area contributed by atoms with Gasteiger partial charge in [0.25, 0.3) is 5.91 Å². The number of oxazole rings is 1. The number of nitrogens with zero attached hydrogens (tertiary/aromatic N) is 3. The van der Waals surface area contributed by atoms with Gasteiger partial charge in [-0.1, -0.05) is 0 Å². The summed E-state index contributed by atoms with van der Waals surface area (Å²) in [5, 5.41) is 3.07. The van der Waals surface area contributed by atoms with Gasteiger partial charge in [0.2, 0.25) is 5.89 Å². The smallest absolute Gasteiger partial charge is 0.433 e. The van der Waals surface area contributed by atoms with Crippen molar-refractivity contribution in [3.05, 3.63) is 71.5 Å². The standard InChI is InChI=1S/C23H20F3N5O3/c1-12(27)20-19(21(32)29-11-13-7-9-28-10-8-13)31-22(34-20)15-3-5-16(33-2)18-14(15)4-6-17(30-18)23(24,25)26/h3-10,12H,11,27H2,1-2H3,(H,29,32)/t12-/m0/s1. The Morgan fingerprint density at radius 2 is 1.88 bits per heavy atom. The van der Waals surface area contributed by atoms with Gasteiger partial charge in [-0.15, -0.1) is 0 Å². The molecule has 3 aromatic heterocycles. The molecule has 0 saturated heterocycles. The number of aromatic nitrogens is 3. The minimum absolute atomic E-state index is 0.0112. The van der Waals surface area contributed by atoms with Crippen molar-refractivity contribution in [3.8, 4) is 17.2 Å². The second-order valence-electron chi connectivity index (χ2n) is 7.46. The van der Waals surface area contributed by atoms with Gasteiger partial charge in [-0.2, -0.15) is 13.2 Å². The first kappa shape index (κ1) is 23.2. The lowest BCUT2D eigenvalue weighted by Crippen LogP contribution is -2.25. The van der Waals surface area contributed by atoms with Crippen LogP contribution in [-0.2, 0) is 12.7 Å². The lowest BCUT2D eigenvalue weighted by atomic mass is 10.1. The highest BCUT2D eigenvalue weighted by atomic mass is 19.4. The number of nitrogens with one attached hydrogen (secondary N) is 1. The van der Waals surface area contributed by atoms with Gasteiger partial charge in [0.15, 0.2) is 11.5 Å². The number of benzene rings is 1. The Morgan fingerprint density at radius 1 is 1.15 bits per heavy atom. The molecule has 0 aliphatic rings. The number of nitrogens with two attached hydrogens (primary N) is 1. The van der Waals surface area contributed by atoms with Gasteiger partial charge >= 0.3 is 6.18 Å². The first-order chi connectivity index (χ1) is 16.2. The van der Waals surface area contributed by atoms with Crippen LogP contribution >= 0.6 is 0 Å². The van der Waals surface area contributed by atoms with Gasteiger partial charge < -0.3 is 20.2 Å². The number of halogens is 3. The van der Waals surface area contributed by atoms with Crippen LogP contribution in [0.25, 0.3) is 22.4 Å². The van der Waals surface area contributed by atoms with Gasteiger partial charge in [-0.3, -0.25) is 9.78 Å². The van der Waals surface area contributed by atoms with Gasteiger partial charge in [-0.05, 0) is 48.9 Å². The second-order valence-corrected chi connectivity index (χ2v) is 7.46. The Morgan fingerprint density at radius 3 is 2.53 bits per heavy atom. The molecule has 1 aromatic carbocycles. The second kappa shape index (κ2) is 9.10. The topological polar surface area (TPSA) is 116 Å². The number of methoxy groups -OCH3 is 1. The maximum Gasteiger partial charge on any atom is 0.433 e. The number of amides is 1. The summed E-state index contributed by atoms with van der Waals surface area (Å²) in [6, 6.07) is 8.02. The molecule has 8 nitrogen and oxygen atoms in total. The lowest BCUT2D eigenvalue weighted by molar-refractivity contribution is -0.140. The molecule has 11 heteroatoms. The van der Waals surface area contributed by atoms with E-state index >= 15 is 0 Å². The molecular formula is C23H20F3N5O3. The van der Waals surface area contributed by atoms with Crippen LogP contribution in [0.5, 0.6) is 5.75 Å². The molecule has 1 atom stereocenters. The summed E-state index contributed by atoms with van der Waals surface area (Å²) < 4.78 is 50.6. The number of pyridine rings is 2. The average molecular weight is 471 g/mol. The number of carbonyl (C=O) groups excluding carboxylic acids is 1. The van der Waals surface area contributed by atoms with Crippen LogP contribution in [0, 0.1) is 0 Å². The molecule has 4 aromatic rings. The summed E-state index contributed by atoms with van der Waals surface area (Å²) in [5.41, 5.74) is 6.09. The maximum atomic E-state index is 13.2. The molecule has 176 valence electrons. The third kappa shape index (κ3) is 4.55. The predicted molar refractivity (Wildman–Crippen MR) is 117 cm³/mol. The van der Waals surface area contributed by atoms with Crippen LogP contribution in [-0.4, -0.2) is 28.0 Å². The molecule has 0 saturated carbocycles. The van der Waals surface area contributed by atoms with E-state index in [0.717, 1.165) is 11.6 Å². The van der Waals surface area contributed by atoms with E-state index in [-0.39, 0.29) is 35.2 Å². The molecule has 1 amide bonds. The van der Waals surface area contributed by atoms with Crippen molar-refractivity contribution in [2.45, 2.75) is 25.7 Å². The van der Waals surface area contributed by atoms with E-state index in [1.54, 1.807) is 37.5 Å². The van der Waals surface area contributed by atoms with Crippen molar-refractivity contribution in [2.75, 3.05) is 7.11 Å². The number of fused-ring (bicyclic) bond motifs is 1. The number of hydrogen-bond donors (Lipinski definition) is 2. The minimum Gasteiger partial charge on any atom is -0.494 e. The highest BCUT2D eigenvalue weighted by molar-refractivity contribution is 5.98. The van der Waals surface area contributed by atoms with Crippen LogP contribution in [0.4, 0.5) is 13.2 Å². The van der Waals surface area contributed by atoms with Gasteiger partial charge in [0.05, 0.1) is 13.2 Å². The molecule has 0 aliphatic carbocycles. The van der Waals surface area contributed by atoms with E-state index in [1.165, 1.54) is 19.2 Å². The van der Waals surface area contributed by atoms with Crippen molar-refractivity contribution < 1.29 is 27.1 Å². The van der Waals surface area contributed by atoms with Crippen LogP contribution in [0.15, 0.2) is 53.2 Å². The summed E-state index contributed by atoms with van der Waals surface area (Å²) in [7, 11) is 1.33. The van der Waals surface area contributed by atoms with Crippen molar-refractivity contribution in [2.24, 2.45) is 5.73 Å². The molecular weight excluding hydrogens is 451 g/mol. The van der Waals surface area contributed by atoms with E-state index in [1.807, 2.05) is 0 Å². The highest BCUT2D eigenvalue weighted by Crippen LogP contribution is 2.37. The quantitative estimate of drug-likeness (QED) is 0.432. The number of alkyl halides is 3. The summed E-state index contributed by atoms with van der Waals surface area (Å²) in [4.78, 5) is 24.8. The lowest BCUT2D eigenvalue weighted by Gasteiger charge is -2.11. The largest absolute Gasteiger partial charge is 0.494 e. The monoisotopic (exact) mass is 471 g/mol. The van der Waals surface area contributed by atoms with Crippen LogP contribution < -0.4 is 15.8 Å². The Kier molecular flexibility index (Phi) is 6.20. The number of hydrogen-bond acceptors (Lipinski definition) is 7. The van der Waals surface area contributed by atoms with E-state index < -0.39 is 23.8 Å². The summed E-state index contributed by atoms with van der Waals surface area (Å²) in [6.45, 7) is 1.87. The van der Waals surface area contributed by atoms with Crippen molar-refractivity contribution >= 4 is 16.8 Å². The fraction of sp³-hybridized carbons (Fsp3) is 0.217.